The summed E-state index contributed by atoms with van der Waals surface area (Å²) < 4.78 is 6.46. The molecule has 1 aromatic heterocycles. The predicted octanol–water partition coefficient (Wildman–Crippen LogP) is 2.03. The van der Waals surface area contributed by atoms with Gasteiger partial charge in [0.15, 0.2) is 0 Å². The van der Waals surface area contributed by atoms with Gasteiger partial charge in [-0.25, -0.2) is 0 Å². The maximum Gasteiger partial charge on any atom is 0.305 e. The predicted molar refractivity (Wildman–Crippen MR) is 83.7 cm³/mol. The molecular formula is C15H16ClN3O4. The summed E-state index contributed by atoms with van der Waals surface area (Å²) >= 11 is 5.94. The smallest absolute Gasteiger partial charge is 0.305 e. The summed E-state index contributed by atoms with van der Waals surface area (Å²) in [5.74, 6) is -0.955. The van der Waals surface area contributed by atoms with E-state index in [9.17, 15) is 9.59 Å². The van der Waals surface area contributed by atoms with Gasteiger partial charge in [0.05, 0.1) is 30.8 Å². The van der Waals surface area contributed by atoms with Crippen LogP contribution in [-0.2, 0) is 11.8 Å². The Hall–Kier alpha value is -2.54. The maximum atomic E-state index is 12.4. The molecule has 0 radical (unpaired) electrons. The monoisotopic (exact) mass is 337 g/mol. The van der Waals surface area contributed by atoms with Gasteiger partial charge in [0.2, 0.25) is 0 Å². The lowest BCUT2D eigenvalue weighted by Crippen LogP contribution is -2.31. The van der Waals surface area contributed by atoms with E-state index in [2.05, 4.69) is 10.4 Å². The Morgan fingerprint density at radius 1 is 1.48 bits per heavy atom. The second-order valence-corrected chi connectivity index (χ2v) is 5.27. The number of nitrogens with one attached hydrogen (secondary N) is 1. The number of rotatable bonds is 6. The van der Waals surface area contributed by atoms with Gasteiger partial charge in [0, 0.05) is 7.05 Å². The summed E-state index contributed by atoms with van der Waals surface area (Å²) in [6.45, 7) is 0. The van der Waals surface area contributed by atoms with Crippen LogP contribution in [0.2, 0.25) is 5.02 Å². The lowest BCUT2D eigenvalue weighted by Gasteiger charge is -2.18. The molecule has 2 aromatic rings. The number of carbonyl (C=O) groups excluding carboxylic acids is 1. The molecule has 122 valence electrons. The standard InChI is InChI=1S/C15H16ClN3O4/c1-19-14(11(16)8-17-19)15(22)18-12(7-13(20)21)9-4-3-5-10(6-9)23-2/h3-6,8,12H,7H2,1-2H3,(H,18,22)(H,20,21). The van der Waals surface area contributed by atoms with E-state index in [0.29, 0.717) is 11.3 Å². The Morgan fingerprint density at radius 2 is 2.22 bits per heavy atom. The largest absolute Gasteiger partial charge is 0.497 e. The molecule has 23 heavy (non-hydrogen) atoms. The Morgan fingerprint density at radius 3 is 2.78 bits per heavy atom. The molecule has 0 aliphatic heterocycles. The number of amides is 1. The van der Waals surface area contributed by atoms with E-state index in [1.807, 2.05) is 0 Å². The van der Waals surface area contributed by atoms with E-state index in [0.717, 1.165) is 0 Å². The molecule has 0 aliphatic rings. The summed E-state index contributed by atoms with van der Waals surface area (Å²) in [6, 6.07) is 6.15. The van der Waals surface area contributed by atoms with Crippen LogP contribution < -0.4 is 10.1 Å². The number of nitrogens with zero attached hydrogens (tertiary/aromatic N) is 2. The molecule has 1 aromatic carbocycles. The van der Waals surface area contributed by atoms with Crippen molar-refractivity contribution in [2.75, 3.05) is 7.11 Å². The van der Waals surface area contributed by atoms with E-state index in [1.165, 1.54) is 18.0 Å². The van der Waals surface area contributed by atoms with Gasteiger partial charge in [-0.3, -0.25) is 14.3 Å². The molecule has 8 heteroatoms. The molecule has 1 atom stereocenters. The second kappa shape index (κ2) is 7.15. The third-order valence-electron chi connectivity index (χ3n) is 3.29. The minimum Gasteiger partial charge on any atom is -0.497 e. The number of carboxylic acid groups (broad SMARTS) is 1. The highest BCUT2D eigenvalue weighted by Gasteiger charge is 2.22. The van der Waals surface area contributed by atoms with Gasteiger partial charge in [0.25, 0.3) is 5.91 Å². The van der Waals surface area contributed by atoms with Crippen LogP contribution in [-0.4, -0.2) is 33.9 Å². The lowest BCUT2D eigenvalue weighted by molar-refractivity contribution is -0.137. The van der Waals surface area contributed by atoms with Crippen molar-refractivity contribution in [3.8, 4) is 5.75 Å². The van der Waals surface area contributed by atoms with Crippen LogP contribution in [0.1, 0.15) is 28.5 Å². The maximum absolute atomic E-state index is 12.4. The summed E-state index contributed by atoms with van der Waals surface area (Å²) in [5, 5.41) is 15.9. The molecule has 0 bridgehead atoms. The van der Waals surface area contributed by atoms with Crippen LogP contribution in [0.5, 0.6) is 5.75 Å². The normalized spacial score (nSPS) is 11.8. The molecule has 0 aliphatic carbocycles. The van der Waals surface area contributed by atoms with Gasteiger partial charge >= 0.3 is 5.97 Å². The number of carboxylic acids is 1. The molecule has 1 amide bonds. The molecule has 1 heterocycles. The first-order valence-corrected chi connectivity index (χ1v) is 7.14. The zero-order chi connectivity index (χ0) is 17.0. The number of ether oxygens (including phenoxy) is 1. The Bertz CT molecular complexity index is 710. The SMILES string of the molecule is COc1cccc(C(CC(=O)O)NC(=O)c2c(Cl)cnn2C)c1. The van der Waals surface area contributed by atoms with E-state index in [-0.39, 0.29) is 17.1 Å². The third-order valence-corrected chi connectivity index (χ3v) is 3.57. The van der Waals surface area contributed by atoms with E-state index >= 15 is 0 Å². The number of carbonyl (C=O) groups is 2. The molecule has 2 N–H and O–H groups in total. The van der Waals surface area contributed by atoms with Crippen molar-refractivity contribution in [3.05, 3.63) is 46.7 Å². The van der Waals surface area contributed by atoms with Crippen LogP contribution >= 0.6 is 11.6 Å². The molecule has 0 saturated heterocycles. The van der Waals surface area contributed by atoms with Gasteiger partial charge in [-0.2, -0.15) is 5.10 Å². The molecule has 0 fully saturated rings. The quantitative estimate of drug-likeness (QED) is 0.841. The topological polar surface area (TPSA) is 93.4 Å². The number of aliphatic carboxylic acids is 1. The Balaban J connectivity index is 2.28. The fourth-order valence-electron chi connectivity index (χ4n) is 2.18. The molecule has 0 saturated carbocycles. The van der Waals surface area contributed by atoms with Crippen molar-refractivity contribution < 1.29 is 19.4 Å². The summed E-state index contributed by atoms with van der Waals surface area (Å²) in [6.07, 6.45) is 1.09. The second-order valence-electron chi connectivity index (χ2n) is 4.87. The third kappa shape index (κ3) is 4.01. The van der Waals surface area contributed by atoms with Crippen molar-refractivity contribution in [1.29, 1.82) is 0 Å². The zero-order valence-electron chi connectivity index (χ0n) is 12.6. The summed E-state index contributed by atoms with van der Waals surface area (Å²) in [5.41, 5.74) is 0.795. The molecular weight excluding hydrogens is 322 g/mol. The van der Waals surface area contributed by atoms with Crippen LogP contribution in [0.3, 0.4) is 0 Å². The van der Waals surface area contributed by atoms with Gasteiger partial charge in [0.1, 0.15) is 11.4 Å². The van der Waals surface area contributed by atoms with E-state index in [4.69, 9.17) is 21.4 Å². The average molecular weight is 338 g/mol. The number of halogens is 1. The first-order valence-electron chi connectivity index (χ1n) is 6.76. The molecule has 0 spiro atoms. The van der Waals surface area contributed by atoms with Gasteiger partial charge in [-0.1, -0.05) is 23.7 Å². The van der Waals surface area contributed by atoms with Crippen LogP contribution in [0.4, 0.5) is 0 Å². The molecule has 7 nitrogen and oxygen atoms in total. The first-order chi connectivity index (χ1) is 10.9. The Kier molecular flexibility index (Phi) is 5.23. The number of hydrogen-bond donors (Lipinski definition) is 2. The minimum atomic E-state index is -1.03. The fraction of sp³-hybridized carbons (Fsp3) is 0.267. The average Bonchev–Trinajstić information content (AvgIpc) is 2.85. The highest BCUT2D eigenvalue weighted by atomic mass is 35.5. The minimum absolute atomic E-state index is 0.171. The van der Waals surface area contributed by atoms with Gasteiger partial charge < -0.3 is 15.2 Å². The van der Waals surface area contributed by atoms with Crippen LogP contribution in [0.25, 0.3) is 0 Å². The number of aromatic nitrogens is 2. The lowest BCUT2D eigenvalue weighted by atomic mass is 10.0. The summed E-state index contributed by atoms with van der Waals surface area (Å²) in [4.78, 5) is 23.5. The summed E-state index contributed by atoms with van der Waals surface area (Å²) in [7, 11) is 3.10. The van der Waals surface area contributed by atoms with Crippen molar-refractivity contribution >= 4 is 23.5 Å². The number of benzene rings is 1. The first kappa shape index (κ1) is 16.8. The van der Waals surface area contributed by atoms with Crippen LogP contribution in [0.15, 0.2) is 30.5 Å². The molecule has 1 unspecified atom stereocenters. The van der Waals surface area contributed by atoms with E-state index < -0.39 is 17.9 Å². The fourth-order valence-corrected chi connectivity index (χ4v) is 2.43. The van der Waals surface area contributed by atoms with Crippen molar-refractivity contribution in [2.24, 2.45) is 7.05 Å². The highest BCUT2D eigenvalue weighted by Crippen LogP contribution is 2.23. The number of aryl methyl sites for hydroxylation is 1. The number of hydrogen-bond acceptors (Lipinski definition) is 4. The zero-order valence-corrected chi connectivity index (χ0v) is 13.4. The highest BCUT2D eigenvalue weighted by molar-refractivity contribution is 6.33. The van der Waals surface area contributed by atoms with E-state index in [1.54, 1.807) is 31.3 Å². The number of methoxy groups -OCH3 is 1. The van der Waals surface area contributed by atoms with Crippen molar-refractivity contribution in [2.45, 2.75) is 12.5 Å². The molecule has 2 rings (SSSR count). The van der Waals surface area contributed by atoms with Crippen molar-refractivity contribution in [1.82, 2.24) is 15.1 Å². The van der Waals surface area contributed by atoms with Gasteiger partial charge in [-0.05, 0) is 17.7 Å². The van der Waals surface area contributed by atoms with Gasteiger partial charge in [-0.15, -0.1) is 0 Å². The van der Waals surface area contributed by atoms with Crippen LogP contribution in [0, 0.1) is 0 Å². The Labute approximate surface area is 137 Å². The van der Waals surface area contributed by atoms with Crippen molar-refractivity contribution in [3.63, 3.8) is 0 Å².